The van der Waals surface area contributed by atoms with Crippen LogP contribution in [0.4, 0.5) is 0 Å². The number of hydrogen-bond acceptors (Lipinski definition) is 6. The van der Waals surface area contributed by atoms with E-state index >= 15 is 0 Å². The molecule has 0 heterocycles. The van der Waals surface area contributed by atoms with Crippen molar-refractivity contribution in [2.75, 3.05) is 0 Å². The smallest absolute Gasteiger partial charge is 0.414 e. The van der Waals surface area contributed by atoms with Gasteiger partial charge < -0.3 is 30.6 Å². The van der Waals surface area contributed by atoms with E-state index in [0.29, 0.717) is 0 Å². The Morgan fingerprint density at radius 2 is 0.421 bits per heavy atom. The van der Waals surface area contributed by atoms with Crippen molar-refractivity contribution < 1.29 is 59.4 Å². The SMILES string of the molecule is O=C(O)C(=O)O.O=C(O)C(=O)O.O=C(O)C(=O)O.[B]. The fourth-order valence-corrected chi connectivity index (χ4v) is 0. The lowest BCUT2D eigenvalue weighted by Crippen LogP contribution is -2.09. The molecular weight excluding hydrogens is 275 g/mol. The molecule has 0 aliphatic heterocycles. The van der Waals surface area contributed by atoms with Crippen LogP contribution in [0, 0.1) is 0 Å². The Bertz CT molecular complexity index is 277. The van der Waals surface area contributed by atoms with Gasteiger partial charge in [-0.2, -0.15) is 0 Å². The molecule has 0 aliphatic carbocycles. The molecule has 3 radical (unpaired) electrons. The van der Waals surface area contributed by atoms with E-state index in [1.165, 1.54) is 0 Å². The van der Waals surface area contributed by atoms with Crippen molar-refractivity contribution >= 4 is 44.2 Å². The van der Waals surface area contributed by atoms with Crippen molar-refractivity contribution in [2.24, 2.45) is 0 Å². The van der Waals surface area contributed by atoms with Crippen molar-refractivity contribution in [3.05, 3.63) is 0 Å². The Balaban J connectivity index is -0.0000000865. The summed E-state index contributed by atoms with van der Waals surface area (Å²) in [5.41, 5.74) is 0. The Morgan fingerprint density at radius 3 is 0.421 bits per heavy atom. The molecule has 0 saturated heterocycles. The van der Waals surface area contributed by atoms with Crippen LogP contribution in [-0.4, -0.2) is 74.9 Å². The van der Waals surface area contributed by atoms with Crippen molar-refractivity contribution in [1.29, 1.82) is 0 Å². The molecule has 0 atom stereocenters. The fourth-order valence-electron chi connectivity index (χ4n) is 0. The Morgan fingerprint density at radius 1 is 0.368 bits per heavy atom. The Hall–Kier alpha value is -3.12. The quantitative estimate of drug-likeness (QED) is 0.194. The van der Waals surface area contributed by atoms with E-state index in [1.807, 2.05) is 0 Å². The number of carboxylic acid groups (broad SMARTS) is 6. The number of rotatable bonds is 0. The topological polar surface area (TPSA) is 224 Å². The standard InChI is InChI=1S/3C2H2O4.B/c3*3-1(4)2(5)6;/h3*(H,3,4)(H,5,6);. The molecule has 0 aliphatic rings. The van der Waals surface area contributed by atoms with E-state index in [0.717, 1.165) is 0 Å². The maximum Gasteiger partial charge on any atom is 0.414 e. The molecule has 19 heavy (non-hydrogen) atoms. The molecule has 0 aromatic carbocycles. The minimum Gasteiger partial charge on any atom is -0.473 e. The lowest BCUT2D eigenvalue weighted by Gasteiger charge is -1.72. The van der Waals surface area contributed by atoms with Gasteiger partial charge in [0.25, 0.3) is 0 Å². The summed E-state index contributed by atoms with van der Waals surface area (Å²) in [5, 5.41) is 44.3. The average Bonchev–Trinajstić information content (AvgIpc) is 2.18. The van der Waals surface area contributed by atoms with Crippen LogP contribution in [0.3, 0.4) is 0 Å². The van der Waals surface area contributed by atoms with Gasteiger partial charge in [0.05, 0.1) is 0 Å². The van der Waals surface area contributed by atoms with Crippen LogP contribution < -0.4 is 0 Å². The first kappa shape index (κ1) is 24.9. The molecule has 0 spiro atoms. The van der Waals surface area contributed by atoms with Crippen LogP contribution in [-0.2, 0) is 28.8 Å². The summed E-state index contributed by atoms with van der Waals surface area (Å²) < 4.78 is 0. The fraction of sp³-hybridized carbons (Fsp3) is 0. The first-order valence-electron chi connectivity index (χ1n) is 3.32. The van der Waals surface area contributed by atoms with Gasteiger partial charge >= 0.3 is 35.8 Å². The second-order valence-electron chi connectivity index (χ2n) is 1.83. The predicted molar refractivity (Wildman–Crippen MR) is 51.6 cm³/mol. The number of aliphatic carboxylic acids is 6. The van der Waals surface area contributed by atoms with E-state index < -0.39 is 35.8 Å². The summed E-state index contributed by atoms with van der Waals surface area (Å²) in [6.45, 7) is 0. The van der Waals surface area contributed by atoms with Gasteiger partial charge in [-0.05, 0) is 0 Å². The summed E-state index contributed by atoms with van der Waals surface area (Å²) >= 11 is 0. The van der Waals surface area contributed by atoms with Gasteiger partial charge in [-0.1, -0.05) is 0 Å². The van der Waals surface area contributed by atoms with Crippen LogP contribution in [0.25, 0.3) is 0 Å². The molecule has 0 amide bonds. The molecule has 0 aromatic heterocycles. The number of carboxylic acids is 6. The lowest BCUT2D eigenvalue weighted by molar-refractivity contribution is -0.159. The molecule has 13 heteroatoms. The first-order chi connectivity index (χ1) is 7.93. The monoisotopic (exact) mass is 281 g/mol. The van der Waals surface area contributed by atoms with Gasteiger partial charge in [-0.25, -0.2) is 28.8 Å². The van der Waals surface area contributed by atoms with Gasteiger partial charge in [0.1, 0.15) is 0 Å². The van der Waals surface area contributed by atoms with Crippen molar-refractivity contribution in [3.63, 3.8) is 0 Å². The van der Waals surface area contributed by atoms with Crippen LogP contribution in [0.1, 0.15) is 0 Å². The maximum atomic E-state index is 9.10. The zero-order valence-corrected chi connectivity index (χ0v) is 8.71. The molecule has 105 valence electrons. The third kappa shape index (κ3) is 31.3. The highest BCUT2D eigenvalue weighted by Gasteiger charge is 2.04. The van der Waals surface area contributed by atoms with E-state index in [9.17, 15) is 0 Å². The summed E-state index contributed by atoms with van der Waals surface area (Å²) in [6.07, 6.45) is 0. The van der Waals surface area contributed by atoms with Gasteiger partial charge in [0.15, 0.2) is 0 Å². The van der Waals surface area contributed by atoms with Crippen molar-refractivity contribution in [3.8, 4) is 0 Å². The minimum atomic E-state index is -1.82. The normalized spacial score (nSPS) is 6.95. The largest absolute Gasteiger partial charge is 0.473 e. The van der Waals surface area contributed by atoms with Gasteiger partial charge in [-0.3, -0.25) is 0 Å². The third-order valence-electron chi connectivity index (χ3n) is 0.549. The van der Waals surface area contributed by atoms with Crippen molar-refractivity contribution in [2.45, 2.75) is 0 Å². The minimum absolute atomic E-state index is 0. The van der Waals surface area contributed by atoms with Crippen LogP contribution in [0.5, 0.6) is 0 Å². The summed E-state index contributed by atoms with van der Waals surface area (Å²) in [5.74, 6) is -10.9. The highest BCUT2D eigenvalue weighted by Crippen LogP contribution is 1.57. The van der Waals surface area contributed by atoms with Crippen LogP contribution >= 0.6 is 0 Å². The van der Waals surface area contributed by atoms with E-state index in [1.54, 1.807) is 0 Å². The summed E-state index contributed by atoms with van der Waals surface area (Å²) in [6, 6.07) is 0. The van der Waals surface area contributed by atoms with Gasteiger partial charge in [0.2, 0.25) is 0 Å². The molecule has 6 N–H and O–H groups in total. The summed E-state index contributed by atoms with van der Waals surface area (Å²) in [4.78, 5) is 54.6. The van der Waals surface area contributed by atoms with E-state index in [4.69, 9.17) is 59.4 Å². The maximum absolute atomic E-state index is 9.10. The van der Waals surface area contributed by atoms with E-state index in [2.05, 4.69) is 0 Å². The second kappa shape index (κ2) is 13.0. The molecule has 0 aromatic rings. The Labute approximate surface area is 105 Å². The number of carbonyl (C=O) groups is 6. The highest BCUT2D eigenvalue weighted by atomic mass is 16.5. The van der Waals surface area contributed by atoms with Gasteiger partial charge in [-0.15, -0.1) is 0 Å². The molecule has 0 unspecified atom stereocenters. The third-order valence-corrected chi connectivity index (χ3v) is 0.549. The second-order valence-corrected chi connectivity index (χ2v) is 1.83. The highest BCUT2D eigenvalue weighted by molar-refractivity contribution is 6.28. The lowest BCUT2D eigenvalue weighted by atomic mass is 10.7. The molecule has 12 nitrogen and oxygen atoms in total. The van der Waals surface area contributed by atoms with Crippen molar-refractivity contribution in [1.82, 2.24) is 0 Å². The average molecular weight is 281 g/mol. The first-order valence-corrected chi connectivity index (χ1v) is 3.32. The zero-order chi connectivity index (χ0) is 15.5. The van der Waals surface area contributed by atoms with Crippen LogP contribution in [0.2, 0.25) is 0 Å². The zero-order valence-electron chi connectivity index (χ0n) is 8.71. The summed E-state index contributed by atoms with van der Waals surface area (Å²) in [7, 11) is 0. The molecule has 0 bridgehead atoms. The molecular formula is C6H6BO12. The van der Waals surface area contributed by atoms with Gasteiger partial charge in [0, 0.05) is 8.41 Å². The Kier molecular flexibility index (Phi) is 17.0. The van der Waals surface area contributed by atoms with Crippen LogP contribution in [0.15, 0.2) is 0 Å². The molecule has 0 fully saturated rings. The molecule has 0 saturated carbocycles. The number of hydrogen-bond donors (Lipinski definition) is 6. The molecule has 0 rings (SSSR count). The van der Waals surface area contributed by atoms with E-state index in [-0.39, 0.29) is 8.41 Å². The predicted octanol–water partition coefficient (Wildman–Crippen LogP) is -2.91.